The number of ether oxygens (including phenoxy) is 2. The second kappa shape index (κ2) is 7.03. The Morgan fingerprint density at radius 2 is 2.23 bits per heavy atom. The van der Waals surface area contributed by atoms with E-state index in [0.29, 0.717) is 17.1 Å². The summed E-state index contributed by atoms with van der Waals surface area (Å²) in [6.07, 6.45) is 6.34. The van der Waals surface area contributed by atoms with Crippen LogP contribution in [-0.2, 0) is 23.9 Å². The van der Waals surface area contributed by atoms with Crippen molar-refractivity contribution in [3.05, 3.63) is 35.3 Å². The predicted molar refractivity (Wildman–Crippen MR) is 110 cm³/mol. The van der Waals surface area contributed by atoms with Gasteiger partial charge >= 0.3 is 5.97 Å². The van der Waals surface area contributed by atoms with Crippen LogP contribution >= 0.6 is 0 Å². The van der Waals surface area contributed by atoms with Crippen LogP contribution in [0.15, 0.2) is 35.3 Å². The van der Waals surface area contributed by atoms with Gasteiger partial charge < -0.3 is 25.2 Å². The van der Waals surface area contributed by atoms with Gasteiger partial charge in [-0.3, -0.25) is 14.4 Å². The minimum atomic E-state index is -0.976. The van der Waals surface area contributed by atoms with Crippen molar-refractivity contribution in [1.29, 1.82) is 0 Å². The topological polar surface area (TPSA) is 119 Å². The number of carbonyl (C=O) groups excluding carboxylic acids is 2. The second-order valence-corrected chi connectivity index (χ2v) is 9.45. The van der Waals surface area contributed by atoms with Crippen LogP contribution in [-0.4, -0.2) is 66.4 Å². The number of methoxy groups -OCH3 is 1. The molecule has 166 valence electrons. The molecule has 1 saturated carbocycles. The Labute approximate surface area is 180 Å². The van der Waals surface area contributed by atoms with Gasteiger partial charge in [-0.25, -0.2) is 0 Å². The van der Waals surface area contributed by atoms with Crippen LogP contribution in [0.4, 0.5) is 0 Å². The van der Waals surface area contributed by atoms with E-state index in [1.165, 1.54) is 7.11 Å². The summed E-state index contributed by atoms with van der Waals surface area (Å²) in [5, 5.41) is 8.98. The van der Waals surface area contributed by atoms with Crippen LogP contribution in [0.3, 0.4) is 0 Å². The van der Waals surface area contributed by atoms with E-state index in [0.717, 1.165) is 19.4 Å². The highest BCUT2D eigenvalue weighted by Gasteiger charge is 2.70. The quantitative estimate of drug-likeness (QED) is 0.644. The number of nitrogens with two attached hydrogens (primary N) is 1. The molecule has 3 N–H and O–H groups in total. The smallest absolute Gasteiger partial charge is 0.303 e. The number of nitrogens with zero attached hydrogens (tertiary/aromatic N) is 1. The molecular weight excluding hydrogens is 400 g/mol. The first-order chi connectivity index (χ1) is 14.8. The van der Waals surface area contributed by atoms with E-state index in [1.54, 1.807) is 12.2 Å². The molecule has 7 atom stereocenters. The first kappa shape index (κ1) is 20.5. The zero-order valence-corrected chi connectivity index (χ0v) is 17.7. The fourth-order valence-corrected chi connectivity index (χ4v) is 6.79. The van der Waals surface area contributed by atoms with Gasteiger partial charge in [-0.1, -0.05) is 6.08 Å². The van der Waals surface area contributed by atoms with E-state index in [4.69, 9.17) is 20.3 Å². The molecule has 0 radical (unpaired) electrons. The van der Waals surface area contributed by atoms with Gasteiger partial charge in [0.1, 0.15) is 5.76 Å². The van der Waals surface area contributed by atoms with Gasteiger partial charge in [0.2, 0.25) is 0 Å². The highest BCUT2D eigenvalue weighted by atomic mass is 16.5. The third-order valence-corrected chi connectivity index (χ3v) is 8.16. The second-order valence-electron chi connectivity index (χ2n) is 9.45. The Hall–Kier alpha value is -2.45. The number of rotatable bonds is 6. The molecule has 2 saturated heterocycles. The number of allylic oxidation sites excluding steroid dienone is 2. The lowest BCUT2D eigenvalue weighted by atomic mass is 9.47. The first-order valence-electron chi connectivity index (χ1n) is 10.9. The number of Topliss-reactive ketones (excluding diaryl/α,β-unsaturated/α-hetero) is 1. The maximum absolute atomic E-state index is 13.4. The SMILES string of the molecule is COC1=C2O[C@H]3C(=O)C=C[C@H]4[C@H]5CC(C(C(=O)[C@@H](N)CCC(=O)O)=C1)C2[C@@]34CCN5C. The Morgan fingerprint density at radius 1 is 1.45 bits per heavy atom. The molecule has 0 aromatic carbocycles. The van der Waals surface area contributed by atoms with E-state index in [9.17, 15) is 14.4 Å². The minimum Gasteiger partial charge on any atom is -0.493 e. The third-order valence-electron chi connectivity index (χ3n) is 8.16. The summed E-state index contributed by atoms with van der Waals surface area (Å²) in [4.78, 5) is 39.5. The molecule has 8 heteroatoms. The number of carbonyl (C=O) groups is 3. The number of carboxylic acid groups (broad SMARTS) is 1. The van der Waals surface area contributed by atoms with E-state index in [-0.39, 0.29) is 48.2 Å². The Morgan fingerprint density at radius 3 is 2.94 bits per heavy atom. The Bertz CT molecular complexity index is 952. The van der Waals surface area contributed by atoms with Crippen molar-refractivity contribution in [3.8, 4) is 0 Å². The monoisotopic (exact) mass is 428 g/mol. The molecule has 2 bridgehead atoms. The standard InChI is InChI=1S/C23H28N2O6/c1-25-8-7-23-13-3-5-16(26)22(23)31-21-17(30-2)10-12(11(19(21)23)9-15(13)25)20(29)14(24)4-6-18(27)28/h3,5,10-11,13-15,19,22H,4,6-9,24H2,1-2H3,(H,27,28)/t11?,13-,14-,15+,19?,22-,23-/m0/s1. The van der Waals surface area contributed by atoms with Crippen molar-refractivity contribution < 1.29 is 29.0 Å². The van der Waals surface area contributed by atoms with Gasteiger partial charge in [-0.2, -0.15) is 0 Å². The third kappa shape index (κ3) is 2.70. The number of piperidine rings is 1. The van der Waals surface area contributed by atoms with Crippen LogP contribution in [0.5, 0.6) is 0 Å². The molecule has 8 nitrogen and oxygen atoms in total. The van der Waals surface area contributed by atoms with E-state index < -0.39 is 23.5 Å². The molecular formula is C23H28N2O6. The molecule has 0 amide bonds. The maximum Gasteiger partial charge on any atom is 0.303 e. The lowest BCUT2D eigenvalue weighted by molar-refractivity contribution is -0.141. The van der Waals surface area contributed by atoms with Crippen molar-refractivity contribution in [2.24, 2.45) is 28.9 Å². The van der Waals surface area contributed by atoms with Gasteiger partial charge in [0.15, 0.2) is 23.4 Å². The molecule has 2 heterocycles. The number of aliphatic carboxylic acids is 1. The number of likely N-dealkylation sites (tertiary alicyclic amines) is 1. The maximum atomic E-state index is 13.4. The van der Waals surface area contributed by atoms with Crippen LogP contribution in [0.2, 0.25) is 0 Å². The highest BCUT2D eigenvalue weighted by Crippen LogP contribution is 2.67. The summed E-state index contributed by atoms with van der Waals surface area (Å²) in [6.45, 7) is 0.867. The molecule has 0 aromatic rings. The normalized spacial score (nSPS) is 38.9. The average Bonchev–Trinajstić information content (AvgIpc) is 3.10. The fourth-order valence-electron chi connectivity index (χ4n) is 6.79. The number of carboxylic acids is 1. The van der Waals surface area contributed by atoms with Crippen molar-refractivity contribution in [1.82, 2.24) is 4.90 Å². The molecule has 3 aliphatic carbocycles. The lowest BCUT2D eigenvalue weighted by Crippen LogP contribution is -2.65. The van der Waals surface area contributed by atoms with Crippen LogP contribution in [0.25, 0.3) is 0 Å². The number of ketones is 2. The summed E-state index contributed by atoms with van der Waals surface area (Å²) >= 11 is 0. The van der Waals surface area contributed by atoms with Crippen molar-refractivity contribution in [2.45, 2.75) is 43.9 Å². The van der Waals surface area contributed by atoms with Crippen molar-refractivity contribution in [3.63, 3.8) is 0 Å². The van der Waals surface area contributed by atoms with Gasteiger partial charge in [0, 0.05) is 35.3 Å². The van der Waals surface area contributed by atoms with Crippen LogP contribution < -0.4 is 5.73 Å². The summed E-state index contributed by atoms with van der Waals surface area (Å²) < 4.78 is 11.9. The Balaban J connectivity index is 1.59. The molecule has 0 aromatic heterocycles. The molecule has 5 aliphatic rings. The lowest BCUT2D eigenvalue weighted by Gasteiger charge is -2.59. The summed E-state index contributed by atoms with van der Waals surface area (Å²) in [5.41, 5.74) is 6.31. The summed E-state index contributed by atoms with van der Waals surface area (Å²) in [5.74, 6) is -0.171. The number of hydrogen-bond acceptors (Lipinski definition) is 7. The average molecular weight is 428 g/mol. The number of hydrogen-bond donors (Lipinski definition) is 2. The predicted octanol–water partition coefficient (Wildman–Crippen LogP) is 1.03. The van der Waals surface area contributed by atoms with E-state index >= 15 is 0 Å². The van der Waals surface area contributed by atoms with Gasteiger partial charge in [-0.15, -0.1) is 0 Å². The van der Waals surface area contributed by atoms with Gasteiger partial charge in [-0.05, 0) is 50.9 Å². The summed E-state index contributed by atoms with van der Waals surface area (Å²) in [6, 6.07) is -0.693. The fraction of sp³-hybridized carbons (Fsp3) is 0.609. The van der Waals surface area contributed by atoms with Crippen LogP contribution in [0, 0.1) is 23.2 Å². The van der Waals surface area contributed by atoms with Crippen LogP contribution in [0.1, 0.15) is 25.7 Å². The Kier molecular flexibility index (Phi) is 4.64. The van der Waals surface area contributed by atoms with E-state index in [2.05, 4.69) is 11.9 Å². The van der Waals surface area contributed by atoms with Crippen molar-refractivity contribution >= 4 is 17.5 Å². The largest absolute Gasteiger partial charge is 0.493 e. The molecule has 1 spiro atoms. The summed E-state index contributed by atoms with van der Waals surface area (Å²) in [7, 11) is 3.63. The molecule has 2 unspecified atom stereocenters. The van der Waals surface area contributed by atoms with Gasteiger partial charge in [0.05, 0.1) is 13.2 Å². The van der Waals surface area contributed by atoms with Gasteiger partial charge in [0.25, 0.3) is 0 Å². The molecule has 3 fully saturated rings. The minimum absolute atomic E-state index is 0.0245. The van der Waals surface area contributed by atoms with Crippen molar-refractivity contribution in [2.75, 3.05) is 20.7 Å². The molecule has 2 aliphatic heterocycles. The zero-order chi connectivity index (χ0) is 22.1. The van der Waals surface area contributed by atoms with E-state index in [1.807, 2.05) is 6.08 Å². The zero-order valence-electron chi connectivity index (χ0n) is 17.7. The molecule has 5 rings (SSSR count). The highest BCUT2D eigenvalue weighted by molar-refractivity contribution is 6.01. The molecule has 31 heavy (non-hydrogen) atoms. The first-order valence-corrected chi connectivity index (χ1v) is 10.9.